The molecule has 1 N–H and O–H groups in total. The molecule has 0 atom stereocenters. The third kappa shape index (κ3) is 5.32. The van der Waals surface area contributed by atoms with E-state index in [1.807, 2.05) is 13.8 Å². The summed E-state index contributed by atoms with van der Waals surface area (Å²) in [5.41, 5.74) is 2.16. The second-order valence-electron chi connectivity index (χ2n) is 6.65. The highest BCUT2D eigenvalue weighted by Gasteiger charge is 2.20. The van der Waals surface area contributed by atoms with Crippen LogP contribution >= 0.6 is 0 Å². The van der Waals surface area contributed by atoms with Crippen molar-refractivity contribution in [2.75, 3.05) is 13.7 Å². The Labute approximate surface area is 129 Å². The second kappa shape index (κ2) is 6.79. The number of sulfonamides is 1. The van der Waals surface area contributed by atoms with Crippen molar-refractivity contribution < 1.29 is 13.2 Å². The van der Waals surface area contributed by atoms with Gasteiger partial charge in [0.05, 0.1) is 7.11 Å². The summed E-state index contributed by atoms with van der Waals surface area (Å²) >= 11 is 0. The molecule has 0 aromatic heterocycles. The molecule has 0 radical (unpaired) electrons. The molecule has 0 aliphatic rings. The average Bonchev–Trinajstić information content (AvgIpc) is 2.36. The minimum absolute atomic E-state index is 0.212. The molecular weight excluding hydrogens is 286 g/mol. The van der Waals surface area contributed by atoms with E-state index in [2.05, 4.69) is 25.5 Å². The predicted molar refractivity (Wildman–Crippen MR) is 86.3 cm³/mol. The van der Waals surface area contributed by atoms with Gasteiger partial charge in [-0.1, -0.05) is 20.8 Å². The lowest BCUT2D eigenvalue weighted by Gasteiger charge is -2.18. The molecular formula is C16H27NO3S. The highest BCUT2D eigenvalue weighted by molar-refractivity contribution is 7.89. The number of hydrogen-bond donors (Lipinski definition) is 1. The molecule has 120 valence electrons. The van der Waals surface area contributed by atoms with Crippen LogP contribution in [0.15, 0.2) is 17.0 Å². The van der Waals surface area contributed by atoms with Crippen molar-refractivity contribution in [1.82, 2.24) is 4.72 Å². The van der Waals surface area contributed by atoms with E-state index in [9.17, 15) is 8.42 Å². The van der Waals surface area contributed by atoms with Crippen LogP contribution in [0.4, 0.5) is 0 Å². The van der Waals surface area contributed by atoms with Crippen molar-refractivity contribution in [2.24, 2.45) is 5.41 Å². The monoisotopic (exact) mass is 313 g/mol. The van der Waals surface area contributed by atoms with Crippen LogP contribution in [0, 0.1) is 19.3 Å². The minimum atomic E-state index is -3.54. The number of nitrogens with one attached hydrogen (secondary N) is 1. The van der Waals surface area contributed by atoms with E-state index < -0.39 is 10.0 Å². The summed E-state index contributed by atoms with van der Waals surface area (Å²) in [6.07, 6.45) is 1.79. The van der Waals surface area contributed by atoms with Gasteiger partial charge >= 0.3 is 0 Å². The average molecular weight is 313 g/mol. The first-order valence-electron chi connectivity index (χ1n) is 7.22. The van der Waals surface area contributed by atoms with E-state index in [-0.39, 0.29) is 10.3 Å². The molecule has 1 aromatic carbocycles. The number of methoxy groups -OCH3 is 1. The molecule has 0 amide bonds. The Morgan fingerprint density at radius 1 is 1.14 bits per heavy atom. The van der Waals surface area contributed by atoms with Crippen LogP contribution in [-0.4, -0.2) is 22.1 Å². The molecule has 0 heterocycles. The fourth-order valence-corrected chi connectivity index (χ4v) is 3.34. The van der Waals surface area contributed by atoms with Crippen molar-refractivity contribution >= 4 is 10.0 Å². The number of aryl methyl sites for hydroxylation is 2. The van der Waals surface area contributed by atoms with Crippen LogP contribution in [0.3, 0.4) is 0 Å². The second-order valence-corrected chi connectivity index (χ2v) is 8.38. The van der Waals surface area contributed by atoms with Crippen LogP contribution in [0.1, 0.15) is 44.7 Å². The molecule has 0 bridgehead atoms. The van der Waals surface area contributed by atoms with Gasteiger partial charge in [-0.05, 0) is 55.4 Å². The summed E-state index contributed by atoms with van der Waals surface area (Å²) in [6.45, 7) is 10.7. The van der Waals surface area contributed by atoms with Crippen molar-refractivity contribution in [3.8, 4) is 5.75 Å². The van der Waals surface area contributed by atoms with E-state index in [0.29, 0.717) is 12.3 Å². The van der Waals surface area contributed by atoms with Crippen LogP contribution in [-0.2, 0) is 10.0 Å². The number of benzene rings is 1. The Balaban J connectivity index is 2.86. The predicted octanol–water partition coefficient (Wildman–Crippen LogP) is 3.42. The zero-order valence-electron chi connectivity index (χ0n) is 13.9. The molecule has 0 aliphatic carbocycles. The largest absolute Gasteiger partial charge is 0.495 e. The summed E-state index contributed by atoms with van der Waals surface area (Å²) in [7, 11) is -2.05. The fraction of sp³-hybridized carbons (Fsp3) is 0.625. The number of rotatable bonds is 6. The molecule has 1 rings (SSSR count). The standard InChI is InChI=1S/C16H27NO3S/c1-12-10-14(20-6)15(11-13(12)2)21(18,19)17-9-7-8-16(3,4)5/h10-11,17H,7-9H2,1-6H3. The Morgan fingerprint density at radius 2 is 1.71 bits per heavy atom. The molecule has 0 saturated heterocycles. The van der Waals surface area contributed by atoms with Crippen molar-refractivity contribution in [1.29, 1.82) is 0 Å². The third-order valence-corrected chi connectivity index (χ3v) is 4.95. The molecule has 0 saturated carbocycles. The topological polar surface area (TPSA) is 55.4 Å². The lowest BCUT2D eigenvalue weighted by atomic mass is 9.91. The Morgan fingerprint density at radius 3 is 2.24 bits per heavy atom. The molecule has 21 heavy (non-hydrogen) atoms. The molecule has 0 unspecified atom stereocenters. The Bertz CT molecular complexity index is 586. The van der Waals surface area contributed by atoms with Gasteiger partial charge in [-0.3, -0.25) is 0 Å². The number of ether oxygens (including phenoxy) is 1. The van der Waals surface area contributed by atoms with Gasteiger partial charge < -0.3 is 4.74 Å². The molecule has 4 nitrogen and oxygen atoms in total. The van der Waals surface area contributed by atoms with Crippen LogP contribution in [0.2, 0.25) is 0 Å². The normalized spacial score (nSPS) is 12.5. The maximum absolute atomic E-state index is 12.4. The van der Waals surface area contributed by atoms with E-state index in [4.69, 9.17) is 4.74 Å². The molecule has 5 heteroatoms. The quantitative estimate of drug-likeness (QED) is 0.819. The van der Waals surface area contributed by atoms with Gasteiger partial charge in [0.2, 0.25) is 10.0 Å². The highest BCUT2D eigenvalue weighted by Crippen LogP contribution is 2.27. The fourth-order valence-electron chi connectivity index (χ4n) is 2.04. The van der Waals surface area contributed by atoms with Gasteiger partial charge in [0, 0.05) is 6.54 Å². The molecule has 0 fully saturated rings. The van der Waals surface area contributed by atoms with Gasteiger partial charge in [0.1, 0.15) is 10.6 Å². The maximum Gasteiger partial charge on any atom is 0.244 e. The van der Waals surface area contributed by atoms with Gasteiger partial charge in [-0.2, -0.15) is 0 Å². The van der Waals surface area contributed by atoms with Crippen molar-refractivity contribution in [3.05, 3.63) is 23.3 Å². The maximum atomic E-state index is 12.4. The molecule has 0 aliphatic heterocycles. The SMILES string of the molecule is COc1cc(C)c(C)cc1S(=O)(=O)NCCCC(C)(C)C. The third-order valence-electron chi connectivity index (χ3n) is 3.47. The smallest absolute Gasteiger partial charge is 0.244 e. The molecule has 1 aromatic rings. The number of hydrogen-bond acceptors (Lipinski definition) is 3. The minimum Gasteiger partial charge on any atom is -0.495 e. The van der Waals surface area contributed by atoms with E-state index in [1.165, 1.54) is 7.11 Å². The summed E-state index contributed by atoms with van der Waals surface area (Å²) in [5.74, 6) is 0.390. The molecule has 0 spiro atoms. The Hall–Kier alpha value is -1.07. The lowest BCUT2D eigenvalue weighted by molar-refractivity contribution is 0.365. The van der Waals surface area contributed by atoms with Gasteiger partial charge in [-0.25, -0.2) is 13.1 Å². The lowest BCUT2D eigenvalue weighted by Crippen LogP contribution is -2.26. The highest BCUT2D eigenvalue weighted by atomic mass is 32.2. The first kappa shape index (κ1) is 18.0. The van der Waals surface area contributed by atoms with Gasteiger partial charge in [-0.15, -0.1) is 0 Å². The van der Waals surface area contributed by atoms with E-state index >= 15 is 0 Å². The summed E-state index contributed by atoms with van der Waals surface area (Å²) in [6, 6.07) is 3.43. The van der Waals surface area contributed by atoms with Crippen molar-refractivity contribution in [3.63, 3.8) is 0 Å². The Kier molecular flexibility index (Phi) is 5.82. The zero-order chi connectivity index (χ0) is 16.3. The van der Waals surface area contributed by atoms with Crippen LogP contribution in [0.25, 0.3) is 0 Å². The van der Waals surface area contributed by atoms with Crippen LogP contribution < -0.4 is 9.46 Å². The van der Waals surface area contributed by atoms with E-state index in [0.717, 1.165) is 24.0 Å². The zero-order valence-corrected chi connectivity index (χ0v) is 14.7. The summed E-state index contributed by atoms with van der Waals surface area (Å²) < 4.78 is 32.7. The first-order valence-corrected chi connectivity index (χ1v) is 8.70. The van der Waals surface area contributed by atoms with Crippen molar-refractivity contribution in [2.45, 2.75) is 52.4 Å². The summed E-state index contributed by atoms with van der Waals surface area (Å²) in [4.78, 5) is 0.212. The van der Waals surface area contributed by atoms with Crippen LogP contribution in [0.5, 0.6) is 5.75 Å². The van der Waals surface area contributed by atoms with Gasteiger partial charge in [0.15, 0.2) is 0 Å². The van der Waals surface area contributed by atoms with Gasteiger partial charge in [0.25, 0.3) is 0 Å². The van der Waals surface area contributed by atoms with E-state index in [1.54, 1.807) is 12.1 Å². The first-order chi connectivity index (χ1) is 9.57. The summed E-state index contributed by atoms with van der Waals surface area (Å²) in [5, 5.41) is 0.